The lowest BCUT2D eigenvalue weighted by Gasteiger charge is -2.19. The number of nitrogens with zero attached hydrogens (tertiary/aromatic N) is 3. The smallest absolute Gasteiger partial charge is 0.134 e. The Kier molecular flexibility index (Phi) is 4.05. The molecule has 5 nitrogen and oxygen atoms in total. The van der Waals surface area contributed by atoms with Crippen molar-refractivity contribution in [3.8, 4) is 0 Å². The highest BCUT2D eigenvalue weighted by Gasteiger charge is 2.34. The second-order valence-electron chi connectivity index (χ2n) is 5.79. The molecule has 0 radical (unpaired) electrons. The summed E-state index contributed by atoms with van der Waals surface area (Å²) < 4.78 is 0. The van der Waals surface area contributed by atoms with Crippen LogP contribution in [0.1, 0.15) is 38.7 Å². The number of aromatic nitrogens is 2. The molecule has 0 bridgehead atoms. The summed E-state index contributed by atoms with van der Waals surface area (Å²) in [4.78, 5) is 11.4. The van der Waals surface area contributed by atoms with Gasteiger partial charge in [0.25, 0.3) is 0 Å². The molecule has 0 aromatic carbocycles. The van der Waals surface area contributed by atoms with E-state index in [1.807, 2.05) is 0 Å². The molecule has 20 heavy (non-hydrogen) atoms. The number of anilines is 2. The lowest BCUT2D eigenvalue weighted by molar-refractivity contribution is 0.326. The van der Waals surface area contributed by atoms with E-state index in [1.165, 1.54) is 31.4 Å². The van der Waals surface area contributed by atoms with Crippen LogP contribution in [-0.2, 0) is 6.42 Å². The predicted molar refractivity (Wildman–Crippen MR) is 82.2 cm³/mol. The molecule has 2 fully saturated rings. The Balaban J connectivity index is 1.68. The van der Waals surface area contributed by atoms with Crippen molar-refractivity contribution in [3.63, 3.8) is 0 Å². The van der Waals surface area contributed by atoms with Gasteiger partial charge in [0.2, 0.25) is 0 Å². The highest BCUT2D eigenvalue weighted by molar-refractivity contribution is 5.57. The van der Waals surface area contributed by atoms with Gasteiger partial charge in [0.1, 0.15) is 18.0 Å². The van der Waals surface area contributed by atoms with E-state index in [4.69, 9.17) is 0 Å². The first-order valence-electron chi connectivity index (χ1n) is 7.90. The van der Waals surface area contributed by atoms with Crippen LogP contribution >= 0.6 is 0 Å². The van der Waals surface area contributed by atoms with E-state index in [0.717, 1.165) is 37.2 Å². The summed E-state index contributed by atoms with van der Waals surface area (Å²) >= 11 is 0. The fraction of sp³-hybridized carbons (Fsp3) is 0.733. The molecule has 2 N–H and O–H groups in total. The van der Waals surface area contributed by atoms with E-state index >= 15 is 0 Å². The van der Waals surface area contributed by atoms with Gasteiger partial charge in [-0.15, -0.1) is 0 Å². The summed E-state index contributed by atoms with van der Waals surface area (Å²) in [5.41, 5.74) is 1.21. The third kappa shape index (κ3) is 2.87. The van der Waals surface area contributed by atoms with Crippen LogP contribution in [0.2, 0.25) is 0 Å². The van der Waals surface area contributed by atoms with Gasteiger partial charge in [-0.05, 0) is 32.6 Å². The predicted octanol–water partition coefficient (Wildman–Crippen LogP) is 2.12. The van der Waals surface area contributed by atoms with Gasteiger partial charge in [0.05, 0.1) is 0 Å². The first-order valence-corrected chi connectivity index (χ1v) is 7.90. The Bertz CT molecular complexity index is 458. The van der Waals surface area contributed by atoms with Crippen LogP contribution in [0.4, 0.5) is 11.6 Å². The molecule has 1 aliphatic carbocycles. The fourth-order valence-electron chi connectivity index (χ4n) is 3.06. The molecule has 1 aliphatic heterocycles. The van der Waals surface area contributed by atoms with Crippen LogP contribution in [-0.4, -0.2) is 46.6 Å². The molecule has 5 heteroatoms. The third-order valence-electron chi connectivity index (χ3n) is 4.27. The van der Waals surface area contributed by atoms with Crippen molar-refractivity contribution in [1.29, 1.82) is 0 Å². The zero-order valence-electron chi connectivity index (χ0n) is 12.5. The highest BCUT2D eigenvalue weighted by Crippen LogP contribution is 2.31. The SMILES string of the molecule is CCNc1ncnc(NC2CCN(C3CC3)C2)c1CC. The molecular formula is C15H25N5. The number of rotatable bonds is 6. The molecule has 2 heterocycles. The second kappa shape index (κ2) is 5.95. The van der Waals surface area contributed by atoms with Gasteiger partial charge in [-0.25, -0.2) is 9.97 Å². The van der Waals surface area contributed by atoms with E-state index in [0.29, 0.717) is 6.04 Å². The summed E-state index contributed by atoms with van der Waals surface area (Å²) in [6.07, 6.45) is 6.62. The van der Waals surface area contributed by atoms with Gasteiger partial charge in [0, 0.05) is 37.3 Å². The fourth-order valence-corrected chi connectivity index (χ4v) is 3.06. The molecule has 1 saturated carbocycles. The van der Waals surface area contributed by atoms with E-state index in [9.17, 15) is 0 Å². The quantitative estimate of drug-likeness (QED) is 0.833. The average Bonchev–Trinajstić information content (AvgIpc) is 3.20. The molecule has 1 atom stereocenters. The Labute approximate surface area is 121 Å². The first-order chi connectivity index (χ1) is 9.81. The summed E-state index contributed by atoms with van der Waals surface area (Å²) in [6.45, 7) is 7.54. The average molecular weight is 275 g/mol. The lowest BCUT2D eigenvalue weighted by Crippen LogP contribution is -2.28. The minimum absolute atomic E-state index is 0.533. The van der Waals surface area contributed by atoms with Crippen LogP contribution in [0.15, 0.2) is 6.33 Å². The molecule has 1 unspecified atom stereocenters. The monoisotopic (exact) mass is 275 g/mol. The third-order valence-corrected chi connectivity index (χ3v) is 4.27. The number of hydrogen-bond donors (Lipinski definition) is 2. The highest BCUT2D eigenvalue weighted by atomic mass is 15.2. The molecule has 1 aromatic heterocycles. The van der Waals surface area contributed by atoms with Gasteiger partial charge >= 0.3 is 0 Å². The maximum atomic E-state index is 4.46. The van der Waals surface area contributed by atoms with Gasteiger partial charge in [-0.1, -0.05) is 6.92 Å². The molecule has 1 saturated heterocycles. The molecule has 2 aliphatic rings. The lowest BCUT2D eigenvalue weighted by atomic mass is 10.2. The van der Waals surface area contributed by atoms with Gasteiger partial charge in [0.15, 0.2) is 0 Å². The molecule has 0 amide bonds. The van der Waals surface area contributed by atoms with Gasteiger partial charge in [-0.2, -0.15) is 0 Å². The van der Waals surface area contributed by atoms with Crippen LogP contribution in [0.3, 0.4) is 0 Å². The summed E-state index contributed by atoms with van der Waals surface area (Å²) in [6, 6.07) is 1.40. The first kappa shape index (κ1) is 13.6. The van der Waals surface area contributed by atoms with Crippen molar-refractivity contribution in [1.82, 2.24) is 14.9 Å². The van der Waals surface area contributed by atoms with Crippen LogP contribution in [0, 0.1) is 0 Å². The normalized spacial score (nSPS) is 23.0. The summed E-state index contributed by atoms with van der Waals surface area (Å²) in [5.74, 6) is 1.99. The molecular weight excluding hydrogens is 250 g/mol. The van der Waals surface area contributed by atoms with E-state index in [2.05, 4.69) is 39.3 Å². The van der Waals surface area contributed by atoms with Crippen LogP contribution in [0.5, 0.6) is 0 Å². The van der Waals surface area contributed by atoms with Crippen molar-refractivity contribution in [2.24, 2.45) is 0 Å². The maximum Gasteiger partial charge on any atom is 0.134 e. The van der Waals surface area contributed by atoms with Crippen molar-refractivity contribution >= 4 is 11.6 Å². The Morgan fingerprint density at radius 3 is 2.70 bits per heavy atom. The summed E-state index contributed by atoms with van der Waals surface area (Å²) in [7, 11) is 0. The van der Waals surface area contributed by atoms with Crippen LogP contribution < -0.4 is 10.6 Å². The van der Waals surface area contributed by atoms with E-state index < -0.39 is 0 Å². The standard InChI is InChI=1S/C15H25N5/c1-3-13-14(16-4-2)17-10-18-15(13)19-11-7-8-20(9-11)12-5-6-12/h10-12H,3-9H2,1-2H3,(H2,16,17,18,19). The summed E-state index contributed by atoms with van der Waals surface area (Å²) in [5, 5.41) is 6.97. The second-order valence-corrected chi connectivity index (χ2v) is 5.79. The van der Waals surface area contributed by atoms with Crippen molar-refractivity contribution < 1.29 is 0 Å². The Morgan fingerprint density at radius 2 is 2.00 bits per heavy atom. The Hall–Kier alpha value is -1.36. The zero-order chi connectivity index (χ0) is 13.9. The molecule has 1 aromatic rings. The number of likely N-dealkylation sites (tertiary alicyclic amines) is 1. The zero-order valence-corrected chi connectivity index (χ0v) is 12.5. The topological polar surface area (TPSA) is 53.1 Å². The molecule has 110 valence electrons. The van der Waals surface area contributed by atoms with E-state index in [1.54, 1.807) is 6.33 Å². The maximum absolute atomic E-state index is 4.46. The molecule has 3 rings (SSSR count). The number of hydrogen-bond acceptors (Lipinski definition) is 5. The number of nitrogens with one attached hydrogen (secondary N) is 2. The van der Waals surface area contributed by atoms with E-state index in [-0.39, 0.29) is 0 Å². The van der Waals surface area contributed by atoms with Crippen LogP contribution in [0.25, 0.3) is 0 Å². The van der Waals surface area contributed by atoms with Gasteiger partial charge in [-0.3, -0.25) is 4.90 Å². The van der Waals surface area contributed by atoms with Gasteiger partial charge < -0.3 is 10.6 Å². The minimum atomic E-state index is 0.533. The van der Waals surface area contributed by atoms with Crippen molar-refractivity contribution in [3.05, 3.63) is 11.9 Å². The minimum Gasteiger partial charge on any atom is -0.370 e. The molecule has 0 spiro atoms. The van der Waals surface area contributed by atoms with Crippen molar-refractivity contribution in [2.45, 2.75) is 51.6 Å². The largest absolute Gasteiger partial charge is 0.370 e. The van der Waals surface area contributed by atoms with Crippen molar-refractivity contribution in [2.75, 3.05) is 30.3 Å². The Morgan fingerprint density at radius 1 is 1.20 bits per heavy atom.